The van der Waals surface area contributed by atoms with E-state index >= 15 is 0 Å². The lowest BCUT2D eigenvalue weighted by Crippen LogP contribution is -2.53. The summed E-state index contributed by atoms with van der Waals surface area (Å²) in [6, 6.07) is 3.59. The van der Waals surface area contributed by atoms with Crippen LogP contribution in [0.4, 0.5) is 0 Å². The number of pyridine rings is 1. The molecule has 1 aromatic rings. The van der Waals surface area contributed by atoms with Crippen molar-refractivity contribution in [3.63, 3.8) is 0 Å². The minimum absolute atomic E-state index is 0. The van der Waals surface area contributed by atoms with E-state index in [1.165, 1.54) is 19.3 Å². The summed E-state index contributed by atoms with van der Waals surface area (Å²) >= 11 is 0. The van der Waals surface area contributed by atoms with Gasteiger partial charge in [0.05, 0.1) is 5.56 Å². The summed E-state index contributed by atoms with van der Waals surface area (Å²) in [4.78, 5) is 18.3. The molecular formula is C15H24ClN3O. The van der Waals surface area contributed by atoms with Crippen molar-refractivity contribution in [2.75, 3.05) is 20.6 Å². The van der Waals surface area contributed by atoms with Crippen LogP contribution in [0, 0.1) is 0 Å². The molecule has 1 saturated carbocycles. The minimum Gasteiger partial charge on any atom is -0.350 e. The summed E-state index contributed by atoms with van der Waals surface area (Å²) in [6.07, 6.45) is 9.42. The van der Waals surface area contributed by atoms with Crippen molar-refractivity contribution in [3.8, 4) is 0 Å². The molecule has 0 unspecified atom stereocenters. The zero-order chi connectivity index (χ0) is 13.7. The molecule has 1 aromatic heterocycles. The van der Waals surface area contributed by atoms with Crippen LogP contribution < -0.4 is 5.32 Å². The molecule has 0 bridgehead atoms. The van der Waals surface area contributed by atoms with E-state index in [1.54, 1.807) is 24.5 Å². The topological polar surface area (TPSA) is 45.2 Å². The van der Waals surface area contributed by atoms with Gasteiger partial charge >= 0.3 is 0 Å². The molecule has 1 N–H and O–H groups in total. The second kappa shape index (κ2) is 7.60. The Morgan fingerprint density at radius 3 is 2.60 bits per heavy atom. The van der Waals surface area contributed by atoms with Crippen LogP contribution >= 0.6 is 12.4 Å². The molecule has 5 heteroatoms. The smallest absolute Gasteiger partial charge is 0.252 e. The van der Waals surface area contributed by atoms with Gasteiger partial charge in [-0.05, 0) is 39.1 Å². The average molecular weight is 298 g/mol. The van der Waals surface area contributed by atoms with Crippen LogP contribution in [-0.4, -0.2) is 42.0 Å². The van der Waals surface area contributed by atoms with Crippen molar-refractivity contribution in [2.24, 2.45) is 0 Å². The third-order valence-electron chi connectivity index (χ3n) is 4.23. The SMILES string of the molecule is CN(C)C1(CNC(=O)c2cccnc2)CCCCC1.Cl. The number of nitrogens with one attached hydrogen (secondary N) is 1. The molecule has 1 aliphatic carbocycles. The Morgan fingerprint density at radius 2 is 2.05 bits per heavy atom. The van der Waals surface area contributed by atoms with Crippen LogP contribution in [0.5, 0.6) is 0 Å². The van der Waals surface area contributed by atoms with E-state index in [2.05, 4.69) is 29.3 Å². The Balaban J connectivity index is 0.00000200. The maximum atomic E-state index is 12.1. The fourth-order valence-electron chi connectivity index (χ4n) is 2.84. The molecule has 0 spiro atoms. The molecule has 2 rings (SSSR count). The van der Waals surface area contributed by atoms with Crippen molar-refractivity contribution in [3.05, 3.63) is 30.1 Å². The predicted octanol–water partition coefficient (Wildman–Crippen LogP) is 2.50. The highest BCUT2D eigenvalue weighted by Crippen LogP contribution is 2.31. The van der Waals surface area contributed by atoms with Crippen molar-refractivity contribution < 1.29 is 4.79 Å². The van der Waals surface area contributed by atoms with Crippen molar-refractivity contribution in [2.45, 2.75) is 37.6 Å². The molecule has 0 saturated heterocycles. The van der Waals surface area contributed by atoms with E-state index in [1.807, 2.05) is 0 Å². The van der Waals surface area contributed by atoms with Gasteiger partial charge in [0.1, 0.15) is 0 Å². The van der Waals surface area contributed by atoms with E-state index < -0.39 is 0 Å². The fourth-order valence-corrected chi connectivity index (χ4v) is 2.84. The number of amides is 1. The van der Waals surface area contributed by atoms with Gasteiger partial charge in [-0.3, -0.25) is 9.78 Å². The number of halogens is 1. The Hall–Kier alpha value is -1.13. The van der Waals surface area contributed by atoms with Gasteiger partial charge < -0.3 is 10.2 Å². The Bertz CT molecular complexity index is 416. The van der Waals surface area contributed by atoms with Crippen LogP contribution in [0.2, 0.25) is 0 Å². The van der Waals surface area contributed by atoms with E-state index in [0.29, 0.717) is 12.1 Å². The molecule has 1 heterocycles. The molecule has 0 radical (unpaired) electrons. The van der Waals surface area contributed by atoms with E-state index in [-0.39, 0.29) is 23.9 Å². The van der Waals surface area contributed by atoms with Crippen molar-refractivity contribution in [1.82, 2.24) is 15.2 Å². The number of aromatic nitrogens is 1. The third kappa shape index (κ3) is 3.93. The molecule has 0 aliphatic heterocycles. The van der Waals surface area contributed by atoms with Crippen LogP contribution in [0.1, 0.15) is 42.5 Å². The predicted molar refractivity (Wildman–Crippen MR) is 83.3 cm³/mol. The Labute approximate surface area is 127 Å². The standard InChI is InChI=1S/C15H23N3O.ClH/c1-18(2)15(8-4-3-5-9-15)12-17-14(19)13-7-6-10-16-11-13;/h6-7,10-11H,3-5,8-9,12H2,1-2H3,(H,17,19);1H. The van der Waals surface area contributed by atoms with E-state index in [4.69, 9.17) is 0 Å². The molecule has 1 fully saturated rings. The number of carbonyl (C=O) groups is 1. The largest absolute Gasteiger partial charge is 0.350 e. The van der Waals surface area contributed by atoms with Crippen LogP contribution in [-0.2, 0) is 0 Å². The zero-order valence-corrected chi connectivity index (χ0v) is 13.1. The lowest BCUT2D eigenvalue weighted by atomic mass is 9.80. The summed E-state index contributed by atoms with van der Waals surface area (Å²) in [5, 5.41) is 3.07. The van der Waals surface area contributed by atoms with Gasteiger partial charge in [0.2, 0.25) is 0 Å². The molecule has 4 nitrogen and oxygen atoms in total. The molecule has 20 heavy (non-hydrogen) atoms. The quantitative estimate of drug-likeness (QED) is 0.929. The number of nitrogens with zero attached hydrogens (tertiary/aromatic N) is 2. The normalized spacial score (nSPS) is 17.4. The summed E-state index contributed by atoms with van der Waals surface area (Å²) < 4.78 is 0. The third-order valence-corrected chi connectivity index (χ3v) is 4.23. The van der Waals surface area contributed by atoms with Gasteiger partial charge in [-0.1, -0.05) is 19.3 Å². The van der Waals surface area contributed by atoms with Gasteiger partial charge in [-0.2, -0.15) is 0 Å². The highest BCUT2D eigenvalue weighted by molar-refractivity contribution is 5.93. The van der Waals surface area contributed by atoms with Gasteiger partial charge in [0, 0.05) is 24.5 Å². The van der Waals surface area contributed by atoms with Gasteiger partial charge in [-0.15, -0.1) is 12.4 Å². The second-order valence-corrected chi connectivity index (χ2v) is 5.60. The van der Waals surface area contributed by atoms with Gasteiger partial charge in [0.25, 0.3) is 5.91 Å². The molecule has 1 amide bonds. The first-order valence-electron chi connectivity index (χ1n) is 7.00. The second-order valence-electron chi connectivity index (χ2n) is 5.60. The highest BCUT2D eigenvalue weighted by atomic mass is 35.5. The van der Waals surface area contributed by atoms with Crippen LogP contribution in [0.3, 0.4) is 0 Å². The first kappa shape index (κ1) is 16.9. The minimum atomic E-state index is -0.0279. The van der Waals surface area contributed by atoms with Crippen LogP contribution in [0.15, 0.2) is 24.5 Å². The number of rotatable bonds is 4. The Kier molecular flexibility index (Phi) is 6.43. The van der Waals surface area contributed by atoms with Gasteiger partial charge in [0.15, 0.2) is 0 Å². The van der Waals surface area contributed by atoms with Gasteiger partial charge in [-0.25, -0.2) is 0 Å². The highest BCUT2D eigenvalue weighted by Gasteiger charge is 2.34. The molecule has 0 atom stereocenters. The van der Waals surface area contributed by atoms with E-state index in [0.717, 1.165) is 12.8 Å². The first-order valence-corrected chi connectivity index (χ1v) is 7.00. The number of carbonyl (C=O) groups excluding carboxylic acids is 1. The summed E-state index contributed by atoms with van der Waals surface area (Å²) in [6.45, 7) is 0.716. The fraction of sp³-hybridized carbons (Fsp3) is 0.600. The molecular weight excluding hydrogens is 274 g/mol. The lowest BCUT2D eigenvalue weighted by Gasteiger charge is -2.43. The number of hydrogen-bond acceptors (Lipinski definition) is 3. The summed E-state index contributed by atoms with van der Waals surface area (Å²) in [5.41, 5.74) is 0.753. The molecule has 112 valence electrons. The van der Waals surface area contributed by atoms with Crippen LogP contribution in [0.25, 0.3) is 0 Å². The lowest BCUT2D eigenvalue weighted by molar-refractivity contribution is 0.0799. The molecule has 0 aromatic carbocycles. The molecule has 1 aliphatic rings. The van der Waals surface area contributed by atoms with E-state index in [9.17, 15) is 4.79 Å². The Morgan fingerprint density at radius 1 is 1.35 bits per heavy atom. The van der Waals surface area contributed by atoms with Crippen molar-refractivity contribution in [1.29, 1.82) is 0 Å². The number of hydrogen-bond donors (Lipinski definition) is 1. The average Bonchev–Trinajstić information content (AvgIpc) is 2.46. The first-order chi connectivity index (χ1) is 9.14. The summed E-state index contributed by atoms with van der Waals surface area (Å²) in [5.74, 6) is -0.0279. The van der Waals surface area contributed by atoms with Crippen molar-refractivity contribution >= 4 is 18.3 Å². The maximum absolute atomic E-state index is 12.1. The number of likely N-dealkylation sites (N-methyl/N-ethyl adjacent to an activating group) is 1. The monoisotopic (exact) mass is 297 g/mol. The maximum Gasteiger partial charge on any atom is 0.252 e. The zero-order valence-electron chi connectivity index (χ0n) is 12.3. The summed E-state index contributed by atoms with van der Waals surface area (Å²) in [7, 11) is 4.23.